The minimum Gasteiger partial charge on any atom is -0.494 e. The molecule has 0 amide bonds. The van der Waals surface area contributed by atoms with Gasteiger partial charge in [-0.2, -0.15) is 0 Å². The van der Waals surface area contributed by atoms with E-state index >= 15 is 0 Å². The Morgan fingerprint density at radius 2 is 0.443 bits per heavy atom. The van der Waals surface area contributed by atoms with Crippen molar-refractivity contribution >= 4 is 0 Å². The van der Waals surface area contributed by atoms with Gasteiger partial charge in [-0.3, -0.25) is 0 Å². The lowest BCUT2D eigenvalue weighted by Gasteiger charge is -2.09. The quantitative estimate of drug-likeness (QED) is 0.0344. The first kappa shape index (κ1) is 53.1. The van der Waals surface area contributed by atoms with Crippen LogP contribution in [0.4, 0.5) is 0 Å². The van der Waals surface area contributed by atoms with Crippen LogP contribution >= 0.6 is 0 Å². The van der Waals surface area contributed by atoms with Crippen LogP contribution in [-0.4, -0.2) is 69.5 Å². The average molecular weight is 953 g/mol. The highest BCUT2D eigenvalue weighted by atomic mass is 16.5. The molecule has 12 heteroatoms. The molecule has 3 heterocycles. The van der Waals surface area contributed by atoms with Gasteiger partial charge in [0, 0.05) is 16.7 Å². The standard InChI is InChI=1S/C58H76N6O6/c1-3-5-7-9-11-17-38-68-53-41-59-56(60-42-53)47-23-29-50(30-24-47)65-35-19-13-14-20-36-66-51-31-25-49(26-32-51)58-63-45-55(46-64-58)70-40-22-16-15-21-37-67-52-33-27-48(28-34-52)57-61-43-54(44-62-57)69-39-18-12-10-8-6-4-2/h23-34,41-46H,3-22,35-40H2,1-2H3. The Bertz CT molecular complexity index is 2080. The maximum absolute atomic E-state index is 6.00. The molecule has 3 aromatic heterocycles. The first-order chi connectivity index (χ1) is 34.7. The zero-order valence-electron chi connectivity index (χ0n) is 41.9. The normalized spacial score (nSPS) is 11.1. The van der Waals surface area contributed by atoms with Crippen LogP contribution in [0.1, 0.15) is 142 Å². The van der Waals surface area contributed by atoms with Crippen molar-refractivity contribution in [1.29, 1.82) is 0 Å². The third-order valence-electron chi connectivity index (χ3n) is 11.9. The molecule has 0 atom stereocenters. The Kier molecular flexibility index (Phi) is 24.6. The molecule has 0 aliphatic rings. The van der Waals surface area contributed by atoms with Crippen LogP contribution in [0.15, 0.2) is 110 Å². The second-order valence-corrected chi connectivity index (χ2v) is 17.8. The number of hydrogen-bond acceptors (Lipinski definition) is 12. The maximum Gasteiger partial charge on any atom is 0.159 e. The number of hydrogen-bond donors (Lipinski definition) is 0. The molecule has 374 valence electrons. The van der Waals surface area contributed by atoms with E-state index < -0.39 is 0 Å². The van der Waals surface area contributed by atoms with Gasteiger partial charge in [0.05, 0.1) is 76.8 Å². The summed E-state index contributed by atoms with van der Waals surface area (Å²) in [4.78, 5) is 27.1. The van der Waals surface area contributed by atoms with Gasteiger partial charge >= 0.3 is 0 Å². The minimum atomic E-state index is 0.622. The van der Waals surface area contributed by atoms with Gasteiger partial charge in [-0.25, -0.2) is 29.9 Å². The summed E-state index contributed by atoms with van der Waals surface area (Å²) in [6, 6.07) is 23.8. The third-order valence-corrected chi connectivity index (χ3v) is 11.9. The summed E-state index contributed by atoms with van der Waals surface area (Å²) in [5.74, 6) is 6.65. The zero-order valence-corrected chi connectivity index (χ0v) is 41.9. The lowest BCUT2D eigenvalue weighted by Crippen LogP contribution is -2.01. The molecule has 0 fully saturated rings. The summed E-state index contributed by atoms with van der Waals surface area (Å²) < 4.78 is 35.5. The molecular weight excluding hydrogens is 877 g/mol. The van der Waals surface area contributed by atoms with E-state index in [0.717, 1.165) is 98.1 Å². The van der Waals surface area contributed by atoms with Gasteiger partial charge in [0.15, 0.2) is 34.7 Å². The van der Waals surface area contributed by atoms with Crippen molar-refractivity contribution in [3.63, 3.8) is 0 Å². The molecule has 0 saturated heterocycles. The van der Waals surface area contributed by atoms with E-state index in [1.807, 2.05) is 72.8 Å². The van der Waals surface area contributed by atoms with Gasteiger partial charge in [0.1, 0.15) is 17.2 Å². The van der Waals surface area contributed by atoms with Crippen molar-refractivity contribution in [3.8, 4) is 68.7 Å². The van der Waals surface area contributed by atoms with Crippen molar-refractivity contribution in [2.45, 2.75) is 142 Å². The van der Waals surface area contributed by atoms with E-state index in [9.17, 15) is 0 Å². The Labute approximate surface area is 417 Å². The molecule has 0 radical (unpaired) electrons. The van der Waals surface area contributed by atoms with E-state index in [0.29, 0.717) is 74.4 Å². The van der Waals surface area contributed by atoms with E-state index in [1.165, 1.54) is 64.2 Å². The summed E-state index contributed by atoms with van der Waals surface area (Å²) in [6.45, 7) is 8.53. The number of unbranched alkanes of at least 4 members (excludes halogenated alkanes) is 16. The number of aromatic nitrogens is 6. The number of benzene rings is 3. The zero-order chi connectivity index (χ0) is 48.5. The van der Waals surface area contributed by atoms with Gasteiger partial charge in [-0.1, -0.05) is 78.1 Å². The van der Waals surface area contributed by atoms with Crippen molar-refractivity contribution in [3.05, 3.63) is 110 Å². The van der Waals surface area contributed by atoms with Crippen LogP contribution in [0.25, 0.3) is 34.2 Å². The SMILES string of the molecule is CCCCCCCCOc1cnc(-c2ccc(OCCCCCCOc3ccc(-c4ncc(OCCCCCCOc5ccc(-c6ncc(OCCCCCCCC)cn6)cc5)cn4)cc3)cc2)nc1. The number of ether oxygens (including phenoxy) is 6. The van der Waals surface area contributed by atoms with Gasteiger partial charge < -0.3 is 28.4 Å². The molecule has 0 aliphatic carbocycles. The van der Waals surface area contributed by atoms with Gasteiger partial charge in [0.2, 0.25) is 0 Å². The van der Waals surface area contributed by atoms with Crippen LogP contribution in [0.2, 0.25) is 0 Å². The third kappa shape index (κ3) is 20.3. The number of nitrogens with zero attached hydrogens (tertiary/aromatic N) is 6. The molecule has 0 N–H and O–H groups in total. The molecule has 0 bridgehead atoms. The van der Waals surface area contributed by atoms with Crippen molar-refractivity contribution in [2.24, 2.45) is 0 Å². The van der Waals surface area contributed by atoms with Crippen molar-refractivity contribution in [1.82, 2.24) is 29.9 Å². The molecule has 0 aliphatic heterocycles. The van der Waals surface area contributed by atoms with E-state index in [1.54, 1.807) is 37.2 Å². The van der Waals surface area contributed by atoms with Gasteiger partial charge in [-0.05, 0) is 137 Å². The Hall–Kier alpha value is -6.30. The van der Waals surface area contributed by atoms with E-state index in [4.69, 9.17) is 28.4 Å². The summed E-state index contributed by atoms with van der Waals surface area (Å²) in [7, 11) is 0. The number of rotatable bonds is 37. The monoisotopic (exact) mass is 953 g/mol. The summed E-state index contributed by atoms with van der Waals surface area (Å²) in [6.07, 6.45) is 33.6. The fourth-order valence-corrected chi connectivity index (χ4v) is 7.74. The molecule has 12 nitrogen and oxygen atoms in total. The predicted molar refractivity (Wildman–Crippen MR) is 279 cm³/mol. The molecule has 3 aromatic carbocycles. The topological polar surface area (TPSA) is 133 Å². The highest BCUT2D eigenvalue weighted by Gasteiger charge is 2.08. The Morgan fingerprint density at radius 3 is 0.671 bits per heavy atom. The largest absolute Gasteiger partial charge is 0.494 e. The van der Waals surface area contributed by atoms with E-state index in [2.05, 4.69) is 43.8 Å². The van der Waals surface area contributed by atoms with Crippen LogP contribution < -0.4 is 28.4 Å². The second-order valence-electron chi connectivity index (χ2n) is 17.8. The lowest BCUT2D eigenvalue weighted by molar-refractivity contribution is 0.286. The Balaban J connectivity index is 0.743. The van der Waals surface area contributed by atoms with Crippen molar-refractivity contribution < 1.29 is 28.4 Å². The Morgan fingerprint density at radius 1 is 0.243 bits per heavy atom. The first-order valence-electron chi connectivity index (χ1n) is 26.2. The molecule has 6 aromatic rings. The lowest BCUT2D eigenvalue weighted by atomic mass is 10.1. The second kappa shape index (κ2) is 32.5. The van der Waals surface area contributed by atoms with Gasteiger partial charge in [-0.15, -0.1) is 0 Å². The smallest absolute Gasteiger partial charge is 0.159 e. The fourth-order valence-electron chi connectivity index (χ4n) is 7.74. The van der Waals surface area contributed by atoms with Crippen LogP contribution in [0.5, 0.6) is 34.5 Å². The summed E-state index contributed by atoms with van der Waals surface area (Å²) >= 11 is 0. The molecular formula is C58H76N6O6. The van der Waals surface area contributed by atoms with Crippen molar-refractivity contribution in [2.75, 3.05) is 39.6 Å². The predicted octanol–water partition coefficient (Wildman–Crippen LogP) is 14.6. The highest BCUT2D eigenvalue weighted by molar-refractivity contribution is 5.58. The highest BCUT2D eigenvalue weighted by Crippen LogP contribution is 2.24. The summed E-state index contributed by atoms with van der Waals surface area (Å²) in [5, 5.41) is 0. The summed E-state index contributed by atoms with van der Waals surface area (Å²) in [5.41, 5.74) is 2.83. The molecule has 0 spiro atoms. The molecule has 0 unspecified atom stereocenters. The fraction of sp³-hybridized carbons (Fsp3) is 0.483. The molecule has 70 heavy (non-hydrogen) atoms. The average Bonchev–Trinajstić information content (AvgIpc) is 3.41. The van der Waals surface area contributed by atoms with Gasteiger partial charge in [0.25, 0.3) is 0 Å². The molecule has 6 rings (SSSR count). The minimum absolute atomic E-state index is 0.622. The van der Waals surface area contributed by atoms with Crippen LogP contribution in [-0.2, 0) is 0 Å². The first-order valence-corrected chi connectivity index (χ1v) is 26.2. The van der Waals surface area contributed by atoms with Crippen LogP contribution in [0, 0.1) is 0 Å². The maximum atomic E-state index is 6.00. The molecule has 0 saturated carbocycles. The van der Waals surface area contributed by atoms with Crippen LogP contribution in [0.3, 0.4) is 0 Å². The van der Waals surface area contributed by atoms with E-state index in [-0.39, 0.29) is 0 Å².